The van der Waals surface area contributed by atoms with Gasteiger partial charge in [0.05, 0.1) is 22.2 Å². The second-order valence-corrected chi connectivity index (χ2v) is 8.83. The van der Waals surface area contributed by atoms with E-state index in [0.29, 0.717) is 40.3 Å². The van der Waals surface area contributed by atoms with Gasteiger partial charge in [0, 0.05) is 42.8 Å². The molecule has 2 amide bonds. The zero-order valence-corrected chi connectivity index (χ0v) is 19.7. The highest BCUT2D eigenvalue weighted by Crippen LogP contribution is 2.35. The maximum Gasteiger partial charge on any atom is 0.255 e. The average molecular weight is 497 g/mol. The minimum absolute atomic E-state index is 0.000537. The molecular formula is C22H26Cl2N4O3S. The van der Waals surface area contributed by atoms with Crippen molar-refractivity contribution in [3.8, 4) is 5.75 Å². The van der Waals surface area contributed by atoms with E-state index in [-0.39, 0.29) is 18.5 Å². The number of halogens is 2. The molecule has 0 saturated carbocycles. The average Bonchev–Trinajstić information content (AvgIpc) is 2.78. The number of amides is 2. The first kappa shape index (κ1) is 24.7. The number of rotatable bonds is 9. The molecule has 0 saturated heterocycles. The molecule has 1 aliphatic heterocycles. The number of para-hydroxylation sites is 1. The van der Waals surface area contributed by atoms with E-state index in [0.717, 1.165) is 17.5 Å². The van der Waals surface area contributed by atoms with Gasteiger partial charge in [-0.05, 0) is 23.8 Å². The Hall–Kier alpha value is -1.97. The van der Waals surface area contributed by atoms with E-state index >= 15 is 0 Å². The van der Waals surface area contributed by atoms with E-state index in [4.69, 9.17) is 39.4 Å². The van der Waals surface area contributed by atoms with Gasteiger partial charge in [0.15, 0.2) is 0 Å². The first-order chi connectivity index (χ1) is 15.3. The Kier molecular flexibility index (Phi) is 8.67. The quantitative estimate of drug-likeness (QED) is 0.341. The SMILES string of the molecule is NC(=O)[C@H](Cc1ccc(Cl)c(Cl)c1)NC(=O)c1cccc2c1OCCC2NC[C@@H](N)CS. The monoisotopic (exact) mass is 496 g/mol. The van der Waals surface area contributed by atoms with E-state index in [1.54, 1.807) is 30.3 Å². The second-order valence-electron chi connectivity index (χ2n) is 7.65. The van der Waals surface area contributed by atoms with Crippen LogP contribution in [0.2, 0.25) is 10.0 Å². The van der Waals surface area contributed by atoms with Crippen molar-refractivity contribution in [2.24, 2.45) is 11.5 Å². The molecule has 0 radical (unpaired) electrons. The summed E-state index contributed by atoms with van der Waals surface area (Å²) in [6.07, 6.45) is 0.929. The number of carbonyl (C=O) groups excluding carboxylic acids is 2. The summed E-state index contributed by atoms with van der Waals surface area (Å²) in [7, 11) is 0. The van der Waals surface area contributed by atoms with Gasteiger partial charge in [-0.3, -0.25) is 9.59 Å². The van der Waals surface area contributed by atoms with Gasteiger partial charge in [-0.25, -0.2) is 0 Å². The first-order valence-corrected chi connectivity index (χ1v) is 11.6. The lowest BCUT2D eigenvalue weighted by Gasteiger charge is -2.29. The van der Waals surface area contributed by atoms with Crippen LogP contribution in [0.1, 0.15) is 33.9 Å². The van der Waals surface area contributed by atoms with E-state index < -0.39 is 17.9 Å². The van der Waals surface area contributed by atoms with Crippen LogP contribution in [0.4, 0.5) is 0 Å². The van der Waals surface area contributed by atoms with Crippen molar-refractivity contribution in [2.75, 3.05) is 18.9 Å². The molecule has 1 unspecified atom stereocenters. The molecule has 6 N–H and O–H groups in total. The van der Waals surface area contributed by atoms with Crippen LogP contribution in [0.25, 0.3) is 0 Å². The zero-order valence-electron chi connectivity index (χ0n) is 17.3. The van der Waals surface area contributed by atoms with Crippen LogP contribution in [-0.2, 0) is 11.2 Å². The highest BCUT2D eigenvalue weighted by Gasteiger charge is 2.28. The van der Waals surface area contributed by atoms with Gasteiger partial charge >= 0.3 is 0 Å². The van der Waals surface area contributed by atoms with Crippen LogP contribution < -0.4 is 26.8 Å². The summed E-state index contributed by atoms with van der Waals surface area (Å²) < 4.78 is 5.83. The Morgan fingerprint density at radius 2 is 2.00 bits per heavy atom. The van der Waals surface area contributed by atoms with Gasteiger partial charge < -0.3 is 26.8 Å². The van der Waals surface area contributed by atoms with Crippen molar-refractivity contribution in [3.63, 3.8) is 0 Å². The number of hydrogen-bond acceptors (Lipinski definition) is 6. The fourth-order valence-electron chi connectivity index (χ4n) is 3.53. The number of fused-ring (bicyclic) bond motifs is 1. The minimum Gasteiger partial charge on any atom is -0.492 e. The summed E-state index contributed by atoms with van der Waals surface area (Å²) in [6.45, 7) is 1.05. The van der Waals surface area contributed by atoms with Crippen LogP contribution in [0.15, 0.2) is 36.4 Å². The minimum atomic E-state index is -0.929. The lowest BCUT2D eigenvalue weighted by Crippen LogP contribution is -2.46. The fourth-order valence-corrected chi connectivity index (χ4v) is 3.98. The van der Waals surface area contributed by atoms with Gasteiger partial charge in [-0.2, -0.15) is 12.6 Å². The molecule has 2 aromatic carbocycles. The molecule has 1 aliphatic rings. The first-order valence-electron chi connectivity index (χ1n) is 10.2. The summed E-state index contributed by atoms with van der Waals surface area (Å²) >= 11 is 16.2. The van der Waals surface area contributed by atoms with E-state index in [9.17, 15) is 9.59 Å². The van der Waals surface area contributed by atoms with Crippen LogP contribution in [0, 0.1) is 0 Å². The molecule has 0 bridgehead atoms. The summed E-state index contributed by atoms with van der Waals surface area (Å²) in [5.41, 5.74) is 13.4. The Labute approximate surface area is 202 Å². The largest absolute Gasteiger partial charge is 0.492 e. The lowest BCUT2D eigenvalue weighted by molar-refractivity contribution is -0.119. The van der Waals surface area contributed by atoms with Crippen LogP contribution >= 0.6 is 35.8 Å². The predicted octanol–water partition coefficient (Wildman–Crippen LogP) is 2.49. The molecule has 0 aliphatic carbocycles. The number of nitrogens with two attached hydrogens (primary N) is 2. The van der Waals surface area contributed by atoms with Gasteiger partial charge in [0.1, 0.15) is 11.8 Å². The van der Waals surface area contributed by atoms with E-state index in [2.05, 4.69) is 23.3 Å². The normalized spacial score (nSPS) is 17.1. The third-order valence-electron chi connectivity index (χ3n) is 5.25. The molecule has 172 valence electrons. The van der Waals surface area contributed by atoms with Gasteiger partial charge in [0.25, 0.3) is 5.91 Å². The second kappa shape index (κ2) is 11.2. The number of carbonyl (C=O) groups is 2. The Balaban J connectivity index is 1.77. The molecule has 32 heavy (non-hydrogen) atoms. The van der Waals surface area contributed by atoms with Gasteiger partial charge in [0.2, 0.25) is 5.91 Å². The van der Waals surface area contributed by atoms with Gasteiger partial charge in [-0.15, -0.1) is 0 Å². The third kappa shape index (κ3) is 6.08. The standard InChI is InChI=1S/C22H26Cl2N4O3S/c23-16-5-4-12(8-17(16)24)9-19(21(26)29)28-22(30)15-3-1-2-14-18(6-7-31-20(14)15)27-10-13(25)11-32/h1-5,8,13,18-19,27,32H,6-7,9-11,25H2,(H2,26,29)(H,28,30)/t13-,18?,19+/m1/s1. The van der Waals surface area contributed by atoms with Crippen molar-refractivity contribution >= 4 is 47.6 Å². The smallest absolute Gasteiger partial charge is 0.255 e. The molecule has 10 heteroatoms. The van der Waals surface area contributed by atoms with Crippen molar-refractivity contribution < 1.29 is 14.3 Å². The van der Waals surface area contributed by atoms with Crippen molar-refractivity contribution in [3.05, 3.63) is 63.1 Å². The van der Waals surface area contributed by atoms with Crippen molar-refractivity contribution in [1.29, 1.82) is 0 Å². The molecule has 0 aromatic heterocycles. The van der Waals surface area contributed by atoms with Crippen LogP contribution in [0.5, 0.6) is 5.75 Å². The summed E-state index contributed by atoms with van der Waals surface area (Å²) in [5, 5.41) is 6.90. The highest BCUT2D eigenvalue weighted by molar-refractivity contribution is 7.80. The summed E-state index contributed by atoms with van der Waals surface area (Å²) in [5.74, 6) is -0.0430. The topological polar surface area (TPSA) is 119 Å². The maximum atomic E-state index is 13.1. The molecule has 0 fully saturated rings. The predicted molar refractivity (Wildman–Crippen MR) is 130 cm³/mol. The maximum absolute atomic E-state index is 13.1. The fraction of sp³-hybridized carbons (Fsp3) is 0.364. The Bertz CT molecular complexity index is 992. The number of hydrogen-bond donors (Lipinski definition) is 5. The number of ether oxygens (including phenoxy) is 1. The highest BCUT2D eigenvalue weighted by atomic mass is 35.5. The molecule has 2 aromatic rings. The molecular weight excluding hydrogens is 471 g/mol. The van der Waals surface area contributed by atoms with E-state index in [1.165, 1.54) is 0 Å². The van der Waals surface area contributed by atoms with Gasteiger partial charge in [-0.1, -0.05) is 41.4 Å². The van der Waals surface area contributed by atoms with Crippen molar-refractivity contribution in [2.45, 2.75) is 31.0 Å². The molecule has 7 nitrogen and oxygen atoms in total. The number of benzene rings is 2. The molecule has 0 spiro atoms. The van der Waals surface area contributed by atoms with Crippen LogP contribution in [-0.4, -0.2) is 42.8 Å². The number of nitrogens with one attached hydrogen (secondary N) is 2. The lowest BCUT2D eigenvalue weighted by atomic mass is 9.96. The molecule has 1 heterocycles. The summed E-state index contributed by atoms with van der Waals surface area (Å²) in [4.78, 5) is 25.1. The third-order valence-corrected chi connectivity index (χ3v) is 6.46. The molecule has 3 rings (SSSR count). The number of primary amides is 1. The Morgan fingerprint density at radius 1 is 1.22 bits per heavy atom. The number of thiol groups is 1. The molecule has 3 atom stereocenters. The van der Waals surface area contributed by atoms with E-state index in [1.807, 2.05) is 6.07 Å². The summed E-state index contributed by atoms with van der Waals surface area (Å²) in [6, 6.07) is 9.36. The Morgan fingerprint density at radius 3 is 2.69 bits per heavy atom. The van der Waals surface area contributed by atoms with Crippen molar-refractivity contribution in [1.82, 2.24) is 10.6 Å². The van der Waals surface area contributed by atoms with Crippen LogP contribution in [0.3, 0.4) is 0 Å². The zero-order chi connectivity index (χ0) is 23.3.